The largest absolute Gasteiger partial charge is 0.320 e. The van der Waals surface area contributed by atoms with Gasteiger partial charge in [-0.15, -0.1) is 0 Å². The lowest BCUT2D eigenvalue weighted by atomic mass is 9.89. The van der Waals surface area contributed by atoms with Gasteiger partial charge in [0.05, 0.1) is 6.04 Å². The average molecular weight is 267 g/mol. The van der Waals surface area contributed by atoms with Gasteiger partial charge in [-0.2, -0.15) is 0 Å². The van der Waals surface area contributed by atoms with Gasteiger partial charge in [-0.3, -0.25) is 0 Å². The summed E-state index contributed by atoms with van der Waals surface area (Å²) in [5.41, 5.74) is 14.2. The van der Waals surface area contributed by atoms with Crippen molar-refractivity contribution in [3.8, 4) is 0 Å². The lowest BCUT2D eigenvalue weighted by Gasteiger charge is -2.19. The Kier molecular flexibility index (Phi) is 4.29. The van der Waals surface area contributed by atoms with Crippen LogP contribution in [0, 0.1) is 20.8 Å². The van der Waals surface area contributed by atoms with Crippen molar-refractivity contribution in [1.82, 2.24) is 0 Å². The van der Waals surface area contributed by atoms with Gasteiger partial charge >= 0.3 is 0 Å². The van der Waals surface area contributed by atoms with Crippen molar-refractivity contribution >= 4 is 0 Å². The zero-order valence-corrected chi connectivity index (χ0v) is 13.2. The van der Waals surface area contributed by atoms with E-state index in [4.69, 9.17) is 5.73 Å². The molecule has 0 aliphatic heterocycles. The van der Waals surface area contributed by atoms with E-state index in [1.54, 1.807) is 0 Å². The summed E-state index contributed by atoms with van der Waals surface area (Å²) in [4.78, 5) is 0. The van der Waals surface area contributed by atoms with Gasteiger partial charge < -0.3 is 5.73 Å². The fourth-order valence-electron chi connectivity index (χ4n) is 2.94. The second kappa shape index (κ2) is 5.80. The lowest BCUT2D eigenvalue weighted by Crippen LogP contribution is -2.15. The van der Waals surface area contributed by atoms with E-state index in [0.29, 0.717) is 5.92 Å². The minimum absolute atomic E-state index is 0.0446. The predicted molar refractivity (Wildman–Crippen MR) is 87.2 cm³/mol. The van der Waals surface area contributed by atoms with E-state index in [-0.39, 0.29) is 6.04 Å². The quantitative estimate of drug-likeness (QED) is 0.850. The molecule has 2 aromatic carbocycles. The van der Waals surface area contributed by atoms with E-state index in [1.165, 1.54) is 33.4 Å². The molecule has 0 saturated heterocycles. The summed E-state index contributed by atoms with van der Waals surface area (Å²) in [6.45, 7) is 10.9. The molecule has 0 bridgehead atoms. The monoisotopic (exact) mass is 267 g/mol. The normalized spacial score (nSPS) is 12.8. The van der Waals surface area contributed by atoms with Crippen LogP contribution in [0.1, 0.15) is 59.2 Å². The van der Waals surface area contributed by atoms with Crippen LogP contribution in [0.15, 0.2) is 36.4 Å². The van der Waals surface area contributed by atoms with E-state index in [9.17, 15) is 0 Å². The number of hydrogen-bond acceptors (Lipinski definition) is 1. The van der Waals surface area contributed by atoms with Crippen molar-refractivity contribution in [1.29, 1.82) is 0 Å². The van der Waals surface area contributed by atoms with Crippen LogP contribution in [0.3, 0.4) is 0 Å². The fourth-order valence-corrected chi connectivity index (χ4v) is 2.94. The van der Waals surface area contributed by atoms with Crippen LogP contribution in [-0.4, -0.2) is 0 Å². The maximum atomic E-state index is 6.49. The zero-order valence-electron chi connectivity index (χ0n) is 13.2. The Balaban J connectivity index is 2.38. The van der Waals surface area contributed by atoms with Crippen LogP contribution in [0.25, 0.3) is 0 Å². The SMILES string of the molecule is Cc1cc(C)c(C(N)c2ccc(C(C)C)cc2)c(C)c1. The first-order valence-corrected chi connectivity index (χ1v) is 7.33. The molecule has 0 radical (unpaired) electrons. The molecule has 0 amide bonds. The summed E-state index contributed by atoms with van der Waals surface area (Å²) in [6, 6.07) is 13.1. The minimum atomic E-state index is -0.0446. The molecular weight excluding hydrogens is 242 g/mol. The minimum Gasteiger partial charge on any atom is -0.320 e. The molecule has 1 nitrogen and oxygen atoms in total. The molecule has 0 fully saturated rings. The summed E-state index contributed by atoms with van der Waals surface area (Å²) in [5, 5.41) is 0. The van der Waals surface area contributed by atoms with Crippen molar-refractivity contribution in [3.05, 3.63) is 69.8 Å². The van der Waals surface area contributed by atoms with Crippen LogP contribution in [-0.2, 0) is 0 Å². The Morgan fingerprint density at radius 1 is 0.800 bits per heavy atom. The molecule has 0 heterocycles. The van der Waals surface area contributed by atoms with Crippen LogP contribution in [0.2, 0.25) is 0 Å². The van der Waals surface area contributed by atoms with E-state index in [2.05, 4.69) is 71.0 Å². The van der Waals surface area contributed by atoms with Crippen LogP contribution < -0.4 is 5.73 Å². The molecule has 1 atom stereocenters. The maximum Gasteiger partial charge on any atom is 0.0556 e. The second-order valence-corrected chi connectivity index (χ2v) is 6.11. The second-order valence-electron chi connectivity index (χ2n) is 6.11. The third-order valence-electron chi connectivity index (χ3n) is 4.01. The Bertz CT molecular complexity index is 571. The predicted octanol–water partition coefficient (Wildman–Crippen LogP) is 4.78. The van der Waals surface area contributed by atoms with Gasteiger partial charge in [0.15, 0.2) is 0 Å². The molecule has 2 rings (SSSR count). The smallest absolute Gasteiger partial charge is 0.0556 e. The van der Waals surface area contributed by atoms with Crippen molar-refractivity contribution in [2.75, 3.05) is 0 Å². The standard InChI is InChI=1S/C19H25N/c1-12(2)16-6-8-17(9-7-16)19(20)18-14(4)10-13(3)11-15(18)5/h6-12,19H,20H2,1-5H3. The molecule has 0 aromatic heterocycles. The van der Waals surface area contributed by atoms with Crippen molar-refractivity contribution in [2.45, 2.75) is 46.6 Å². The van der Waals surface area contributed by atoms with E-state index in [0.717, 1.165) is 0 Å². The van der Waals surface area contributed by atoms with Crippen LogP contribution in [0.4, 0.5) is 0 Å². The first-order chi connectivity index (χ1) is 9.40. The first-order valence-electron chi connectivity index (χ1n) is 7.33. The van der Waals surface area contributed by atoms with Gasteiger partial charge in [0.25, 0.3) is 0 Å². The molecular formula is C19H25N. The molecule has 0 aliphatic carbocycles. The van der Waals surface area contributed by atoms with Crippen molar-refractivity contribution in [3.63, 3.8) is 0 Å². The lowest BCUT2D eigenvalue weighted by molar-refractivity contribution is 0.836. The summed E-state index contributed by atoms with van der Waals surface area (Å²) in [6.07, 6.45) is 0. The first kappa shape index (κ1) is 14.8. The summed E-state index contributed by atoms with van der Waals surface area (Å²) in [5.74, 6) is 0.558. The molecule has 1 unspecified atom stereocenters. The third kappa shape index (κ3) is 2.94. The number of aryl methyl sites for hydroxylation is 3. The molecule has 106 valence electrons. The Morgan fingerprint density at radius 2 is 1.25 bits per heavy atom. The summed E-state index contributed by atoms with van der Waals surface area (Å²) >= 11 is 0. The van der Waals surface area contributed by atoms with E-state index in [1.807, 2.05) is 0 Å². The number of nitrogens with two attached hydrogens (primary N) is 1. The van der Waals surface area contributed by atoms with Gasteiger partial charge in [0.2, 0.25) is 0 Å². The van der Waals surface area contributed by atoms with Crippen molar-refractivity contribution in [2.24, 2.45) is 5.73 Å². The number of hydrogen-bond donors (Lipinski definition) is 1. The average Bonchev–Trinajstić information content (AvgIpc) is 2.37. The highest BCUT2D eigenvalue weighted by Gasteiger charge is 2.14. The Labute approximate surface area is 122 Å². The van der Waals surface area contributed by atoms with Gasteiger partial charge in [0.1, 0.15) is 0 Å². The summed E-state index contributed by atoms with van der Waals surface area (Å²) in [7, 11) is 0. The molecule has 1 heteroatoms. The van der Waals surface area contributed by atoms with E-state index >= 15 is 0 Å². The fraction of sp³-hybridized carbons (Fsp3) is 0.368. The highest BCUT2D eigenvalue weighted by molar-refractivity contribution is 5.44. The van der Waals surface area contributed by atoms with Crippen LogP contribution >= 0.6 is 0 Å². The topological polar surface area (TPSA) is 26.0 Å². The molecule has 0 saturated carbocycles. The highest BCUT2D eigenvalue weighted by atomic mass is 14.6. The third-order valence-corrected chi connectivity index (χ3v) is 4.01. The molecule has 0 spiro atoms. The van der Waals surface area contributed by atoms with Gasteiger partial charge in [-0.1, -0.05) is 55.8 Å². The van der Waals surface area contributed by atoms with Crippen molar-refractivity contribution < 1.29 is 0 Å². The van der Waals surface area contributed by atoms with Gasteiger partial charge in [0, 0.05) is 0 Å². The maximum absolute atomic E-state index is 6.49. The zero-order chi connectivity index (χ0) is 14.9. The summed E-state index contributed by atoms with van der Waals surface area (Å²) < 4.78 is 0. The van der Waals surface area contributed by atoms with Gasteiger partial charge in [-0.05, 0) is 54.5 Å². The Hall–Kier alpha value is -1.60. The highest BCUT2D eigenvalue weighted by Crippen LogP contribution is 2.28. The molecule has 2 N–H and O–H groups in total. The van der Waals surface area contributed by atoms with Crippen LogP contribution in [0.5, 0.6) is 0 Å². The van der Waals surface area contributed by atoms with Gasteiger partial charge in [-0.25, -0.2) is 0 Å². The van der Waals surface area contributed by atoms with E-state index < -0.39 is 0 Å². The Morgan fingerprint density at radius 3 is 1.70 bits per heavy atom. The number of benzene rings is 2. The molecule has 20 heavy (non-hydrogen) atoms. The molecule has 2 aromatic rings. The number of rotatable bonds is 3. The molecule has 0 aliphatic rings.